The van der Waals surface area contributed by atoms with Gasteiger partial charge in [-0.3, -0.25) is 4.79 Å². The summed E-state index contributed by atoms with van der Waals surface area (Å²) in [5.41, 5.74) is 0.839. The van der Waals surface area contributed by atoms with Gasteiger partial charge in [-0.1, -0.05) is 0 Å². The molecular weight excluding hydrogens is 266 g/mol. The van der Waals surface area contributed by atoms with Gasteiger partial charge in [0, 0.05) is 38.7 Å². The monoisotopic (exact) mass is 285 g/mol. The van der Waals surface area contributed by atoms with Crippen molar-refractivity contribution in [3.8, 4) is 0 Å². The van der Waals surface area contributed by atoms with E-state index in [1.165, 1.54) is 4.68 Å². The molecule has 1 aromatic heterocycles. The first kappa shape index (κ1) is 14.3. The van der Waals surface area contributed by atoms with Crippen LogP contribution in [0, 0.1) is 0 Å². The molecule has 5 nitrogen and oxygen atoms in total. The number of alkyl halides is 1. The number of rotatable bonds is 6. The highest BCUT2D eigenvalue weighted by Crippen LogP contribution is 2.19. The molecule has 1 unspecified atom stereocenters. The van der Waals surface area contributed by atoms with E-state index in [4.69, 9.17) is 16.3 Å². The molecule has 19 heavy (non-hydrogen) atoms. The minimum absolute atomic E-state index is 0.0482. The van der Waals surface area contributed by atoms with Crippen molar-refractivity contribution in [1.29, 1.82) is 0 Å². The molecule has 106 valence electrons. The van der Waals surface area contributed by atoms with Crippen LogP contribution in [0.25, 0.3) is 0 Å². The minimum atomic E-state index is -0.0482. The van der Waals surface area contributed by atoms with E-state index in [0.29, 0.717) is 12.4 Å². The molecule has 6 heteroatoms. The second-order valence-corrected chi connectivity index (χ2v) is 5.14. The molecule has 0 bridgehead atoms. The van der Waals surface area contributed by atoms with E-state index in [0.717, 1.165) is 38.0 Å². The highest BCUT2D eigenvalue weighted by molar-refractivity contribution is 6.17. The second-order valence-electron chi connectivity index (χ2n) is 4.76. The Morgan fingerprint density at radius 3 is 3.00 bits per heavy atom. The van der Waals surface area contributed by atoms with Crippen molar-refractivity contribution in [2.24, 2.45) is 0 Å². The molecule has 1 saturated heterocycles. The quantitative estimate of drug-likeness (QED) is 0.587. The van der Waals surface area contributed by atoms with Crippen molar-refractivity contribution in [3.05, 3.63) is 22.6 Å². The molecule has 1 aliphatic heterocycles. The van der Waals surface area contributed by atoms with Crippen LogP contribution in [0.1, 0.15) is 19.3 Å². The Hall–Kier alpha value is -1.07. The summed E-state index contributed by atoms with van der Waals surface area (Å²) in [6.45, 7) is 2.37. The lowest BCUT2D eigenvalue weighted by molar-refractivity contribution is 0.121. The average Bonchev–Trinajstić information content (AvgIpc) is 2.89. The topological polar surface area (TPSA) is 47.4 Å². The van der Waals surface area contributed by atoms with Gasteiger partial charge in [0.2, 0.25) is 0 Å². The van der Waals surface area contributed by atoms with Crippen LogP contribution in [0.3, 0.4) is 0 Å². The predicted molar refractivity (Wildman–Crippen MR) is 76.1 cm³/mol. The number of hydrogen-bond acceptors (Lipinski definition) is 4. The molecule has 1 atom stereocenters. The van der Waals surface area contributed by atoms with Gasteiger partial charge >= 0.3 is 0 Å². The van der Waals surface area contributed by atoms with Crippen molar-refractivity contribution in [2.45, 2.75) is 31.9 Å². The summed E-state index contributed by atoms with van der Waals surface area (Å²) in [6.07, 6.45) is 4.80. The number of ether oxygens (including phenoxy) is 1. The number of nitrogens with zero attached hydrogens (tertiary/aromatic N) is 3. The Balaban J connectivity index is 2.00. The van der Waals surface area contributed by atoms with Crippen molar-refractivity contribution < 1.29 is 4.74 Å². The first-order valence-corrected chi connectivity index (χ1v) is 7.19. The lowest BCUT2D eigenvalue weighted by atomic mass is 10.3. The molecule has 2 heterocycles. The van der Waals surface area contributed by atoms with Crippen molar-refractivity contribution in [1.82, 2.24) is 9.78 Å². The Labute approximate surface area is 118 Å². The summed E-state index contributed by atoms with van der Waals surface area (Å²) < 4.78 is 6.82. The normalized spacial score (nSPS) is 19.1. The summed E-state index contributed by atoms with van der Waals surface area (Å²) in [5.74, 6) is 0.624. The highest BCUT2D eigenvalue weighted by atomic mass is 35.5. The second kappa shape index (κ2) is 6.91. The molecule has 0 radical (unpaired) electrons. The zero-order chi connectivity index (χ0) is 13.7. The molecule has 2 rings (SSSR count). The van der Waals surface area contributed by atoms with Gasteiger partial charge in [-0.25, -0.2) is 4.68 Å². The van der Waals surface area contributed by atoms with E-state index in [-0.39, 0.29) is 11.7 Å². The fraction of sp³-hybridized carbons (Fsp3) is 0.692. The lowest BCUT2D eigenvalue weighted by Crippen LogP contribution is -2.27. The van der Waals surface area contributed by atoms with E-state index >= 15 is 0 Å². The maximum atomic E-state index is 12.0. The van der Waals surface area contributed by atoms with Crippen molar-refractivity contribution >= 4 is 17.3 Å². The van der Waals surface area contributed by atoms with Crippen LogP contribution in [-0.4, -0.2) is 42.0 Å². The standard InChI is InChI=1S/C13H20ClN3O2/c1-19-12-4-7-16(10-12)11-8-13(18)17(15-9-11)6-3-2-5-14/h8-9,12H,2-7,10H2,1H3. The third-order valence-corrected chi connectivity index (χ3v) is 3.72. The zero-order valence-electron chi connectivity index (χ0n) is 11.2. The number of aryl methyl sites for hydroxylation is 1. The predicted octanol–water partition coefficient (Wildman–Crippen LogP) is 1.49. The number of halogens is 1. The van der Waals surface area contributed by atoms with Gasteiger partial charge in [0.15, 0.2) is 0 Å². The molecule has 0 amide bonds. The summed E-state index contributed by atoms with van der Waals surface area (Å²) in [7, 11) is 1.72. The molecule has 0 aliphatic carbocycles. The van der Waals surface area contributed by atoms with Gasteiger partial charge in [-0.15, -0.1) is 11.6 Å². The van der Waals surface area contributed by atoms with E-state index < -0.39 is 0 Å². The van der Waals surface area contributed by atoms with Gasteiger partial charge in [0.25, 0.3) is 5.56 Å². The summed E-state index contributed by atoms with van der Waals surface area (Å²) >= 11 is 5.62. The molecular formula is C13H20ClN3O2. The third kappa shape index (κ3) is 3.70. The average molecular weight is 286 g/mol. The Kier molecular flexibility index (Phi) is 5.22. The maximum absolute atomic E-state index is 12.0. The molecule has 0 saturated carbocycles. The van der Waals surface area contributed by atoms with Crippen molar-refractivity contribution in [3.63, 3.8) is 0 Å². The van der Waals surface area contributed by atoms with E-state index in [1.54, 1.807) is 19.4 Å². The van der Waals surface area contributed by atoms with E-state index in [1.807, 2.05) is 0 Å². The largest absolute Gasteiger partial charge is 0.380 e. The van der Waals surface area contributed by atoms with Crippen LogP contribution in [0.15, 0.2) is 17.1 Å². The first-order chi connectivity index (χ1) is 9.24. The summed E-state index contributed by atoms with van der Waals surface area (Å²) in [6, 6.07) is 1.66. The zero-order valence-corrected chi connectivity index (χ0v) is 12.0. The third-order valence-electron chi connectivity index (χ3n) is 3.45. The molecule has 0 spiro atoms. The lowest BCUT2D eigenvalue weighted by Gasteiger charge is -2.18. The highest BCUT2D eigenvalue weighted by Gasteiger charge is 2.22. The van der Waals surface area contributed by atoms with Gasteiger partial charge in [0.05, 0.1) is 18.0 Å². The number of aromatic nitrogens is 2. The SMILES string of the molecule is COC1CCN(c2cnn(CCCCCl)c(=O)c2)C1. The smallest absolute Gasteiger partial charge is 0.268 e. The Bertz CT molecular complexity index is 463. The minimum Gasteiger partial charge on any atom is -0.380 e. The van der Waals surface area contributed by atoms with Crippen LogP contribution in [-0.2, 0) is 11.3 Å². The number of methoxy groups -OCH3 is 1. The van der Waals surface area contributed by atoms with Crippen LogP contribution in [0.4, 0.5) is 5.69 Å². The van der Waals surface area contributed by atoms with Gasteiger partial charge in [-0.2, -0.15) is 5.10 Å². The molecule has 1 aromatic rings. The van der Waals surface area contributed by atoms with Crippen LogP contribution < -0.4 is 10.5 Å². The fourth-order valence-electron chi connectivity index (χ4n) is 2.28. The molecule has 1 fully saturated rings. The number of anilines is 1. The fourth-order valence-corrected chi connectivity index (χ4v) is 2.47. The summed E-state index contributed by atoms with van der Waals surface area (Å²) in [5, 5.41) is 4.22. The maximum Gasteiger partial charge on any atom is 0.268 e. The van der Waals surface area contributed by atoms with E-state index in [2.05, 4.69) is 10.00 Å². The molecule has 0 aromatic carbocycles. The van der Waals surface area contributed by atoms with Crippen LogP contribution in [0.2, 0.25) is 0 Å². The first-order valence-electron chi connectivity index (χ1n) is 6.65. The summed E-state index contributed by atoms with van der Waals surface area (Å²) in [4.78, 5) is 14.1. The Morgan fingerprint density at radius 2 is 2.37 bits per heavy atom. The number of unbranched alkanes of at least 4 members (excludes halogenated alkanes) is 1. The van der Waals surface area contributed by atoms with Gasteiger partial charge in [-0.05, 0) is 19.3 Å². The molecule has 1 aliphatic rings. The molecule has 0 N–H and O–H groups in total. The van der Waals surface area contributed by atoms with Crippen molar-refractivity contribution in [2.75, 3.05) is 31.0 Å². The number of hydrogen-bond donors (Lipinski definition) is 0. The van der Waals surface area contributed by atoms with Gasteiger partial charge in [0.1, 0.15) is 0 Å². The van der Waals surface area contributed by atoms with Crippen LogP contribution in [0.5, 0.6) is 0 Å². The van der Waals surface area contributed by atoms with E-state index in [9.17, 15) is 4.79 Å². The Morgan fingerprint density at radius 1 is 1.53 bits per heavy atom. The van der Waals surface area contributed by atoms with Crippen LogP contribution >= 0.6 is 11.6 Å². The van der Waals surface area contributed by atoms with Gasteiger partial charge < -0.3 is 9.64 Å².